The van der Waals surface area contributed by atoms with Gasteiger partial charge >= 0.3 is 0 Å². The van der Waals surface area contributed by atoms with E-state index in [9.17, 15) is 0 Å². The molecule has 1 aliphatic carbocycles. The molecule has 1 heterocycles. The number of methoxy groups -OCH3 is 1. The molecule has 5 heteroatoms. The van der Waals surface area contributed by atoms with Gasteiger partial charge in [0.05, 0.1) is 11.2 Å². The summed E-state index contributed by atoms with van der Waals surface area (Å²) in [6, 6.07) is 1.79. The van der Waals surface area contributed by atoms with Crippen LogP contribution in [0, 0.1) is 0 Å². The maximum absolute atomic E-state index is 5.79. The van der Waals surface area contributed by atoms with Crippen LogP contribution in [0.5, 0.6) is 5.75 Å². The minimum atomic E-state index is -0.0380. The van der Waals surface area contributed by atoms with Gasteiger partial charge in [-0.1, -0.05) is 11.6 Å². The Labute approximate surface area is 93.3 Å². The van der Waals surface area contributed by atoms with Crippen LogP contribution in [0.4, 0.5) is 0 Å². The number of hydrogen-bond donors (Lipinski definition) is 1. The Balaban J connectivity index is 1.98. The summed E-state index contributed by atoms with van der Waals surface area (Å²) in [5.41, 5.74) is 5.76. The Morgan fingerprint density at radius 1 is 1.53 bits per heavy atom. The van der Waals surface area contributed by atoms with E-state index in [4.69, 9.17) is 26.8 Å². The second-order valence-electron chi connectivity index (χ2n) is 3.60. The van der Waals surface area contributed by atoms with Gasteiger partial charge in [0.1, 0.15) is 18.0 Å². The smallest absolute Gasteiger partial charge is 0.139 e. The predicted octanol–water partition coefficient (Wildman–Crippen LogP) is 1.23. The summed E-state index contributed by atoms with van der Waals surface area (Å²) in [6.45, 7) is 0. The summed E-state index contributed by atoms with van der Waals surface area (Å²) in [6.07, 6.45) is 3.96. The van der Waals surface area contributed by atoms with E-state index >= 15 is 0 Å². The number of nitrogens with zero attached hydrogens (tertiary/aromatic N) is 1. The first-order valence-corrected chi connectivity index (χ1v) is 5.14. The minimum Gasteiger partial charge on any atom is -0.486 e. The average Bonchev–Trinajstić information content (AvgIpc) is 2.17. The van der Waals surface area contributed by atoms with Crippen LogP contribution in [-0.2, 0) is 4.74 Å². The molecule has 0 spiro atoms. The number of hydrogen-bond acceptors (Lipinski definition) is 4. The third-order valence-corrected chi connectivity index (χ3v) is 2.74. The number of pyridine rings is 1. The molecule has 0 saturated heterocycles. The highest BCUT2D eigenvalue weighted by Gasteiger charge is 2.40. The Kier molecular flexibility index (Phi) is 3.09. The fourth-order valence-corrected chi connectivity index (χ4v) is 1.85. The fraction of sp³-hybridized carbons (Fsp3) is 0.500. The first-order valence-electron chi connectivity index (χ1n) is 4.76. The lowest BCUT2D eigenvalue weighted by Gasteiger charge is -2.40. The van der Waals surface area contributed by atoms with Crippen molar-refractivity contribution in [2.45, 2.75) is 24.7 Å². The van der Waals surface area contributed by atoms with Gasteiger partial charge in [0.2, 0.25) is 0 Å². The quantitative estimate of drug-likeness (QED) is 0.846. The molecule has 3 atom stereocenters. The van der Waals surface area contributed by atoms with E-state index < -0.39 is 0 Å². The van der Waals surface area contributed by atoms with Gasteiger partial charge in [-0.25, -0.2) is 0 Å². The summed E-state index contributed by atoms with van der Waals surface area (Å²) < 4.78 is 10.9. The van der Waals surface area contributed by atoms with Gasteiger partial charge in [-0.3, -0.25) is 4.98 Å². The number of halogens is 1. The molecule has 0 radical (unpaired) electrons. The molecular formula is C10H13ClN2O2. The molecule has 0 amide bonds. The van der Waals surface area contributed by atoms with Gasteiger partial charge < -0.3 is 15.2 Å². The average molecular weight is 229 g/mol. The molecule has 1 aromatic rings. The second-order valence-corrected chi connectivity index (χ2v) is 4.03. The van der Waals surface area contributed by atoms with E-state index in [0.29, 0.717) is 10.8 Å². The van der Waals surface area contributed by atoms with Gasteiger partial charge in [0, 0.05) is 31.8 Å². The van der Waals surface area contributed by atoms with Gasteiger partial charge in [-0.05, 0) is 0 Å². The molecule has 2 rings (SSSR count). The highest BCUT2D eigenvalue weighted by molar-refractivity contribution is 6.30. The highest BCUT2D eigenvalue weighted by atomic mass is 35.5. The number of ether oxygens (including phenoxy) is 2. The normalized spacial score (nSPS) is 29.7. The van der Waals surface area contributed by atoms with Crippen LogP contribution in [0.3, 0.4) is 0 Å². The predicted molar refractivity (Wildman–Crippen MR) is 57.1 cm³/mol. The van der Waals surface area contributed by atoms with E-state index in [1.807, 2.05) is 0 Å². The zero-order valence-corrected chi connectivity index (χ0v) is 9.15. The van der Waals surface area contributed by atoms with Crippen molar-refractivity contribution in [1.82, 2.24) is 4.98 Å². The molecule has 1 saturated carbocycles. The standard InChI is InChI=1S/C10H13ClN2O2/c1-14-10-8(12)3-9(10)15-7-2-6(11)4-13-5-7/h2,4-5,8-10H,3,12H2,1H3. The molecule has 1 aromatic heterocycles. The topological polar surface area (TPSA) is 57.4 Å². The van der Waals surface area contributed by atoms with Crippen molar-refractivity contribution in [2.24, 2.45) is 5.73 Å². The molecule has 4 nitrogen and oxygen atoms in total. The van der Waals surface area contributed by atoms with Crippen molar-refractivity contribution in [1.29, 1.82) is 0 Å². The van der Waals surface area contributed by atoms with Crippen molar-refractivity contribution < 1.29 is 9.47 Å². The maximum atomic E-state index is 5.79. The Morgan fingerprint density at radius 3 is 2.93 bits per heavy atom. The number of aromatic nitrogens is 1. The van der Waals surface area contributed by atoms with E-state index in [0.717, 1.165) is 6.42 Å². The summed E-state index contributed by atoms with van der Waals surface area (Å²) >= 11 is 5.79. The van der Waals surface area contributed by atoms with Crippen molar-refractivity contribution in [3.8, 4) is 5.75 Å². The fourth-order valence-electron chi connectivity index (χ4n) is 1.69. The zero-order chi connectivity index (χ0) is 10.8. The zero-order valence-electron chi connectivity index (χ0n) is 8.39. The SMILES string of the molecule is COC1C(N)CC1Oc1cncc(Cl)c1. The molecule has 0 bridgehead atoms. The number of rotatable bonds is 3. The molecule has 15 heavy (non-hydrogen) atoms. The summed E-state index contributed by atoms with van der Waals surface area (Å²) in [5.74, 6) is 0.654. The van der Waals surface area contributed by atoms with Crippen LogP contribution < -0.4 is 10.5 Å². The van der Waals surface area contributed by atoms with Gasteiger partial charge in [0.15, 0.2) is 0 Å². The summed E-state index contributed by atoms with van der Waals surface area (Å²) in [4.78, 5) is 3.94. The van der Waals surface area contributed by atoms with Gasteiger partial charge in [-0.2, -0.15) is 0 Å². The molecule has 82 valence electrons. The molecule has 3 unspecified atom stereocenters. The second kappa shape index (κ2) is 4.35. The molecule has 0 aromatic carbocycles. The van der Waals surface area contributed by atoms with Crippen molar-refractivity contribution >= 4 is 11.6 Å². The van der Waals surface area contributed by atoms with E-state index in [1.54, 1.807) is 25.6 Å². The lowest BCUT2D eigenvalue weighted by atomic mass is 9.86. The molecule has 0 aliphatic heterocycles. The first-order chi connectivity index (χ1) is 7.20. The first kappa shape index (κ1) is 10.7. The van der Waals surface area contributed by atoms with E-state index in [-0.39, 0.29) is 18.2 Å². The van der Waals surface area contributed by atoms with Gasteiger partial charge in [0.25, 0.3) is 0 Å². The van der Waals surface area contributed by atoms with Crippen LogP contribution in [0.2, 0.25) is 5.02 Å². The third-order valence-electron chi connectivity index (χ3n) is 2.53. The molecule has 2 N–H and O–H groups in total. The molecular weight excluding hydrogens is 216 g/mol. The summed E-state index contributed by atoms with van der Waals surface area (Å²) in [7, 11) is 1.64. The summed E-state index contributed by atoms with van der Waals surface area (Å²) in [5, 5.41) is 0.560. The Morgan fingerprint density at radius 2 is 2.33 bits per heavy atom. The molecule has 1 aliphatic rings. The van der Waals surface area contributed by atoms with Crippen LogP contribution in [-0.4, -0.2) is 30.3 Å². The largest absolute Gasteiger partial charge is 0.486 e. The van der Waals surface area contributed by atoms with Gasteiger partial charge in [-0.15, -0.1) is 0 Å². The maximum Gasteiger partial charge on any atom is 0.139 e. The van der Waals surface area contributed by atoms with E-state index in [1.165, 1.54) is 0 Å². The van der Waals surface area contributed by atoms with Crippen LogP contribution in [0.25, 0.3) is 0 Å². The number of nitrogens with two attached hydrogens (primary N) is 1. The lowest BCUT2D eigenvalue weighted by Crippen LogP contribution is -2.59. The third kappa shape index (κ3) is 2.22. The van der Waals surface area contributed by atoms with Crippen LogP contribution in [0.1, 0.15) is 6.42 Å². The van der Waals surface area contributed by atoms with E-state index in [2.05, 4.69) is 4.98 Å². The minimum absolute atomic E-state index is 0.00488. The van der Waals surface area contributed by atoms with Crippen molar-refractivity contribution in [2.75, 3.05) is 7.11 Å². The monoisotopic (exact) mass is 228 g/mol. The Bertz CT molecular complexity index is 348. The van der Waals surface area contributed by atoms with Crippen molar-refractivity contribution in [3.63, 3.8) is 0 Å². The lowest BCUT2D eigenvalue weighted by molar-refractivity contribution is -0.0783. The van der Waals surface area contributed by atoms with Crippen molar-refractivity contribution in [3.05, 3.63) is 23.5 Å². The Hall–Kier alpha value is -0.840. The van der Waals surface area contributed by atoms with Crippen LogP contribution in [0.15, 0.2) is 18.5 Å². The highest BCUT2D eigenvalue weighted by Crippen LogP contribution is 2.27. The van der Waals surface area contributed by atoms with Crippen LogP contribution >= 0.6 is 11.6 Å². The molecule has 1 fully saturated rings.